The number of anilines is 1. The second kappa shape index (κ2) is 4.62. The van der Waals surface area contributed by atoms with E-state index in [-0.39, 0.29) is 11.3 Å². The maximum absolute atomic E-state index is 12.3. The highest BCUT2D eigenvalue weighted by atomic mass is 16.2. The van der Waals surface area contributed by atoms with Gasteiger partial charge in [0.15, 0.2) is 0 Å². The Hall–Kier alpha value is -2.95. The van der Waals surface area contributed by atoms with Gasteiger partial charge < -0.3 is 0 Å². The molecule has 0 spiro atoms. The van der Waals surface area contributed by atoms with Crippen molar-refractivity contribution in [3.63, 3.8) is 0 Å². The van der Waals surface area contributed by atoms with Crippen LogP contribution in [0.2, 0.25) is 0 Å². The van der Waals surface area contributed by atoms with Gasteiger partial charge in [-0.05, 0) is 18.2 Å². The zero-order chi connectivity index (χ0) is 14.1. The van der Waals surface area contributed by atoms with Crippen molar-refractivity contribution < 1.29 is 9.59 Å². The van der Waals surface area contributed by atoms with E-state index in [0.717, 1.165) is 4.90 Å². The minimum absolute atomic E-state index is 0.0597. The first-order valence-electron chi connectivity index (χ1n) is 6.02. The van der Waals surface area contributed by atoms with E-state index in [2.05, 4.69) is 0 Å². The summed E-state index contributed by atoms with van der Waals surface area (Å²) in [5.41, 5.74) is 0.192. The Morgan fingerprint density at radius 1 is 0.800 bits per heavy atom. The van der Waals surface area contributed by atoms with Gasteiger partial charge in [0.1, 0.15) is 5.70 Å². The predicted molar refractivity (Wildman–Crippen MR) is 73.9 cm³/mol. The Kier molecular flexibility index (Phi) is 2.80. The third-order valence-electron chi connectivity index (χ3n) is 3.00. The van der Waals surface area contributed by atoms with Gasteiger partial charge >= 0.3 is 0 Å². The van der Waals surface area contributed by atoms with Gasteiger partial charge in [0, 0.05) is 18.3 Å². The molecule has 1 aliphatic rings. The molecule has 2 amide bonds. The van der Waals surface area contributed by atoms with E-state index >= 15 is 0 Å². The number of rotatable bonds is 2. The quantitative estimate of drug-likeness (QED) is 0.769. The van der Waals surface area contributed by atoms with E-state index in [1.54, 1.807) is 42.5 Å². The van der Waals surface area contributed by atoms with Crippen LogP contribution in [0.25, 0.3) is 5.70 Å². The fourth-order valence-corrected chi connectivity index (χ4v) is 2.08. The van der Waals surface area contributed by atoms with Crippen molar-refractivity contribution in [1.82, 2.24) is 4.57 Å². The van der Waals surface area contributed by atoms with Crippen LogP contribution in [0.15, 0.2) is 65.6 Å². The number of aromatic nitrogens is 1. The number of carbonyl (C=O) groups is 2. The van der Waals surface area contributed by atoms with E-state index in [1.165, 1.54) is 22.9 Å². The van der Waals surface area contributed by atoms with Crippen molar-refractivity contribution in [1.29, 1.82) is 0 Å². The number of imide groups is 1. The van der Waals surface area contributed by atoms with Gasteiger partial charge in [0.05, 0.1) is 5.69 Å². The van der Waals surface area contributed by atoms with Crippen LogP contribution in [-0.2, 0) is 9.59 Å². The van der Waals surface area contributed by atoms with Crippen molar-refractivity contribution in [2.24, 2.45) is 0 Å². The monoisotopic (exact) mass is 266 g/mol. The number of para-hydroxylation sites is 1. The lowest BCUT2D eigenvalue weighted by atomic mass is 10.3. The molecule has 5 heteroatoms. The van der Waals surface area contributed by atoms with Gasteiger partial charge in [-0.3, -0.25) is 19.0 Å². The average molecular weight is 266 g/mol. The van der Waals surface area contributed by atoms with Crippen LogP contribution in [0.3, 0.4) is 0 Å². The zero-order valence-corrected chi connectivity index (χ0v) is 10.4. The molecular formula is C15H10N2O3. The van der Waals surface area contributed by atoms with Gasteiger partial charge in [-0.25, -0.2) is 4.90 Å². The van der Waals surface area contributed by atoms with Crippen LogP contribution in [0.4, 0.5) is 5.69 Å². The molecular weight excluding hydrogens is 256 g/mol. The molecule has 0 saturated carbocycles. The first-order valence-corrected chi connectivity index (χ1v) is 6.02. The fourth-order valence-electron chi connectivity index (χ4n) is 2.08. The Morgan fingerprint density at radius 2 is 1.50 bits per heavy atom. The summed E-state index contributed by atoms with van der Waals surface area (Å²) in [6.07, 6.45) is 2.64. The highest BCUT2D eigenvalue weighted by Gasteiger charge is 2.33. The summed E-state index contributed by atoms with van der Waals surface area (Å²) in [5.74, 6) is -0.957. The fraction of sp³-hybridized carbons (Fsp3) is 0. The minimum Gasteiger partial charge on any atom is -0.279 e. The van der Waals surface area contributed by atoms with E-state index in [4.69, 9.17) is 0 Å². The summed E-state index contributed by atoms with van der Waals surface area (Å²) in [6.45, 7) is 0. The molecule has 98 valence electrons. The smallest absolute Gasteiger partial charge is 0.279 e. The largest absolute Gasteiger partial charge is 0.282 e. The lowest BCUT2D eigenvalue weighted by Gasteiger charge is -2.14. The molecule has 3 rings (SSSR count). The van der Waals surface area contributed by atoms with Crippen LogP contribution in [0.1, 0.15) is 0 Å². The predicted octanol–water partition coefficient (Wildman–Crippen LogP) is 1.26. The molecule has 20 heavy (non-hydrogen) atoms. The van der Waals surface area contributed by atoms with Crippen LogP contribution in [0.5, 0.6) is 0 Å². The molecule has 0 fully saturated rings. The lowest BCUT2D eigenvalue weighted by molar-refractivity contribution is -0.119. The molecule has 0 unspecified atom stereocenters. The molecule has 1 aliphatic heterocycles. The standard InChI is InChI=1S/C15H10N2O3/c18-13-8-4-5-9-16(13)12-10-14(19)17(15(12)20)11-6-2-1-3-7-11/h1-10H. The summed E-state index contributed by atoms with van der Waals surface area (Å²) in [6, 6.07) is 13.2. The van der Waals surface area contributed by atoms with Crippen molar-refractivity contribution in [2.75, 3.05) is 4.90 Å². The third-order valence-corrected chi connectivity index (χ3v) is 3.00. The van der Waals surface area contributed by atoms with E-state index in [1.807, 2.05) is 0 Å². The van der Waals surface area contributed by atoms with Crippen LogP contribution in [-0.4, -0.2) is 16.4 Å². The average Bonchev–Trinajstić information content (AvgIpc) is 2.75. The van der Waals surface area contributed by atoms with Crippen LogP contribution < -0.4 is 10.5 Å². The highest BCUT2D eigenvalue weighted by molar-refractivity contribution is 6.40. The van der Waals surface area contributed by atoms with E-state index in [0.29, 0.717) is 5.69 Å². The topological polar surface area (TPSA) is 59.4 Å². The maximum Gasteiger partial charge on any atom is 0.282 e. The second-order valence-corrected chi connectivity index (χ2v) is 4.25. The number of nitrogens with zero attached hydrogens (tertiary/aromatic N) is 2. The molecule has 0 saturated heterocycles. The molecule has 2 aromatic rings. The third kappa shape index (κ3) is 1.85. The number of benzene rings is 1. The number of hydrogen-bond acceptors (Lipinski definition) is 3. The van der Waals surface area contributed by atoms with Gasteiger partial charge in [0.25, 0.3) is 17.4 Å². The molecule has 0 radical (unpaired) electrons. The maximum atomic E-state index is 12.3. The van der Waals surface area contributed by atoms with Gasteiger partial charge in [-0.2, -0.15) is 0 Å². The van der Waals surface area contributed by atoms with Crippen LogP contribution >= 0.6 is 0 Å². The van der Waals surface area contributed by atoms with Gasteiger partial charge in [-0.15, -0.1) is 0 Å². The Morgan fingerprint density at radius 3 is 2.20 bits per heavy atom. The summed E-state index contributed by atoms with van der Waals surface area (Å²) in [7, 11) is 0. The van der Waals surface area contributed by atoms with Crippen molar-refractivity contribution in [2.45, 2.75) is 0 Å². The van der Waals surface area contributed by atoms with Gasteiger partial charge in [0.2, 0.25) is 0 Å². The Labute approximate surface area is 114 Å². The molecule has 0 aliphatic carbocycles. The Bertz CT molecular complexity index is 775. The minimum atomic E-state index is -0.505. The zero-order valence-electron chi connectivity index (χ0n) is 10.4. The molecule has 0 bridgehead atoms. The van der Waals surface area contributed by atoms with E-state index in [9.17, 15) is 14.4 Å². The lowest BCUT2D eigenvalue weighted by Crippen LogP contribution is -2.32. The normalized spacial score (nSPS) is 14.6. The van der Waals surface area contributed by atoms with Crippen molar-refractivity contribution >= 4 is 23.2 Å². The SMILES string of the molecule is O=C1C=C(n2ccccc2=O)C(=O)N1c1ccccc1. The molecule has 2 heterocycles. The first kappa shape index (κ1) is 12.1. The summed E-state index contributed by atoms with van der Waals surface area (Å²) >= 11 is 0. The number of carbonyl (C=O) groups excluding carboxylic acids is 2. The van der Waals surface area contributed by atoms with Crippen LogP contribution in [0, 0.1) is 0 Å². The second-order valence-electron chi connectivity index (χ2n) is 4.25. The first-order chi connectivity index (χ1) is 9.68. The van der Waals surface area contributed by atoms with Crippen molar-refractivity contribution in [3.05, 3.63) is 71.2 Å². The summed E-state index contributed by atoms with van der Waals surface area (Å²) in [4.78, 5) is 37.1. The molecule has 1 aromatic heterocycles. The summed E-state index contributed by atoms with van der Waals surface area (Å²) in [5, 5.41) is 0. The summed E-state index contributed by atoms with van der Waals surface area (Å²) < 4.78 is 1.17. The molecule has 0 atom stereocenters. The van der Waals surface area contributed by atoms with Crippen molar-refractivity contribution in [3.8, 4) is 0 Å². The molecule has 5 nitrogen and oxygen atoms in total. The number of hydrogen-bond donors (Lipinski definition) is 0. The number of pyridine rings is 1. The molecule has 1 aromatic carbocycles. The molecule has 0 N–H and O–H groups in total. The van der Waals surface area contributed by atoms with E-state index < -0.39 is 11.8 Å². The van der Waals surface area contributed by atoms with Gasteiger partial charge in [-0.1, -0.05) is 24.3 Å². The Balaban J connectivity index is 2.04. The highest BCUT2D eigenvalue weighted by Crippen LogP contribution is 2.23. The number of amides is 2.